The lowest BCUT2D eigenvalue weighted by atomic mass is 10.0. The second-order valence-electron chi connectivity index (χ2n) is 5.00. The Morgan fingerprint density at radius 3 is 2.88 bits per heavy atom. The molecule has 0 bridgehead atoms. The van der Waals surface area contributed by atoms with Gasteiger partial charge < -0.3 is 10.2 Å². The molecule has 2 atom stereocenters. The van der Waals surface area contributed by atoms with E-state index in [-0.39, 0.29) is 0 Å². The number of nitrogens with zero attached hydrogens (tertiary/aromatic N) is 2. The van der Waals surface area contributed by atoms with Gasteiger partial charge in [-0.15, -0.1) is 0 Å². The number of hydrogen-bond acceptors (Lipinski definition) is 3. The van der Waals surface area contributed by atoms with Crippen molar-refractivity contribution in [1.82, 2.24) is 5.32 Å². The van der Waals surface area contributed by atoms with Crippen LogP contribution in [0.3, 0.4) is 0 Å². The lowest BCUT2D eigenvalue weighted by molar-refractivity contribution is 0.467. The van der Waals surface area contributed by atoms with E-state index < -0.39 is 5.54 Å². The summed E-state index contributed by atoms with van der Waals surface area (Å²) in [7, 11) is 1.84. The number of nitrogens with one attached hydrogen (secondary N) is 1. The zero-order chi connectivity index (χ0) is 12.5. The fraction of sp³-hybridized carbons (Fsp3) is 0.500. The highest BCUT2D eigenvalue weighted by atomic mass is 15.2. The molecule has 3 nitrogen and oxygen atoms in total. The van der Waals surface area contributed by atoms with Crippen LogP contribution in [0.15, 0.2) is 24.3 Å². The molecule has 0 saturated heterocycles. The van der Waals surface area contributed by atoms with Gasteiger partial charge in [-0.25, -0.2) is 0 Å². The first-order chi connectivity index (χ1) is 8.09. The van der Waals surface area contributed by atoms with E-state index in [1.165, 1.54) is 11.3 Å². The van der Waals surface area contributed by atoms with Crippen molar-refractivity contribution in [3.63, 3.8) is 0 Å². The minimum atomic E-state index is -0.494. The average molecular weight is 229 g/mol. The lowest BCUT2D eigenvalue weighted by Gasteiger charge is -2.32. The monoisotopic (exact) mass is 229 g/mol. The van der Waals surface area contributed by atoms with E-state index in [1.807, 2.05) is 14.0 Å². The Balaban J connectivity index is 2.26. The van der Waals surface area contributed by atoms with Crippen molar-refractivity contribution >= 4 is 5.69 Å². The molecular weight excluding hydrogens is 210 g/mol. The van der Waals surface area contributed by atoms with Gasteiger partial charge >= 0.3 is 0 Å². The molecule has 0 radical (unpaired) electrons. The summed E-state index contributed by atoms with van der Waals surface area (Å²) in [4.78, 5) is 2.33. The van der Waals surface area contributed by atoms with Gasteiger partial charge in [0.1, 0.15) is 5.54 Å². The lowest BCUT2D eigenvalue weighted by Crippen LogP contribution is -2.50. The summed E-state index contributed by atoms with van der Waals surface area (Å²) in [6, 6.07) is 11.3. The molecule has 0 saturated carbocycles. The van der Waals surface area contributed by atoms with E-state index in [9.17, 15) is 5.26 Å². The highest BCUT2D eigenvalue weighted by molar-refractivity contribution is 5.59. The third-order valence-corrected chi connectivity index (χ3v) is 3.63. The van der Waals surface area contributed by atoms with Gasteiger partial charge in [-0.2, -0.15) is 5.26 Å². The van der Waals surface area contributed by atoms with Crippen LogP contribution in [-0.4, -0.2) is 25.2 Å². The number of likely N-dealkylation sites (N-methyl/N-ethyl adjacent to an activating group) is 1. The minimum absolute atomic E-state index is 0.466. The quantitative estimate of drug-likeness (QED) is 0.861. The maximum absolute atomic E-state index is 9.24. The molecule has 0 fully saturated rings. The Morgan fingerprint density at radius 1 is 1.53 bits per heavy atom. The largest absolute Gasteiger partial charge is 0.365 e. The summed E-state index contributed by atoms with van der Waals surface area (Å²) in [5.41, 5.74) is 2.17. The van der Waals surface area contributed by atoms with Crippen molar-refractivity contribution in [3.8, 4) is 6.07 Å². The van der Waals surface area contributed by atoms with Gasteiger partial charge in [-0.1, -0.05) is 18.2 Å². The molecule has 17 heavy (non-hydrogen) atoms. The van der Waals surface area contributed by atoms with Gasteiger partial charge in [0.05, 0.1) is 6.07 Å². The normalized spacial score (nSPS) is 21.8. The van der Waals surface area contributed by atoms with Gasteiger partial charge in [0.2, 0.25) is 0 Å². The number of nitriles is 1. The van der Waals surface area contributed by atoms with Gasteiger partial charge in [0.25, 0.3) is 0 Å². The maximum Gasteiger partial charge on any atom is 0.121 e. The molecule has 0 aromatic heterocycles. The van der Waals surface area contributed by atoms with Crippen LogP contribution < -0.4 is 10.2 Å². The molecule has 0 amide bonds. The topological polar surface area (TPSA) is 39.1 Å². The van der Waals surface area contributed by atoms with E-state index >= 15 is 0 Å². The molecule has 1 aromatic rings. The minimum Gasteiger partial charge on any atom is -0.365 e. The maximum atomic E-state index is 9.24. The molecule has 1 N–H and O–H groups in total. The van der Waals surface area contributed by atoms with Crippen LogP contribution in [0.1, 0.15) is 19.4 Å². The molecule has 90 valence electrons. The molecular formula is C14H19N3. The van der Waals surface area contributed by atoms with E-state index in [1.54, 1.807) is 0 Å². The molecule has 0 spiro atoms. The van der Waals surface area contributed by atoms with Gasteiger partial charge in [0.15, 0.2) is 0 Å². The fourth-order valence-electron chi connectivity index (χ4n) is 2.38. The number of benzene rings is 1. The van der Waals surface area contributed by atoms with Crippen LogP contribution in [-0.2, 0) is 6.42 Å². The predicted molar refractivity (Wildman–Crippen MR) is 70.0 cm³/mol. The van der Waals surface area contributed by atoms with Crippen LogP contribution in [0.2, 0.25) is 0 Å². The fourth-order valence-corrected chi connectivity index (χ4v) is 2.38. The van der Waals surface area contributed by atoms with Gasteiger partial charge in [0, 0.05) is 18.3 Å². The first-order valence-electron chi connectivity index (χ1n) is 6.04. The Labute approximate surface area is 103 Å². The third kappa shape index (κ3) is 2.13. The van der Waals surface area contributed by atoms with Crippen molar-refractivity contribution in [1.29, 1.82) is 5.26 Å². The summed E-state index contributed by atoms with van der Waals surface area (Å²) in [6.45, 7) is 4.88. The summed E-state index contributed by atoms with van der Waals surface area (Å²) >= 11 is 0. The molecule has 2 rings (SSSR count). The Bertz CT molecular complexity index is 449. The number of hydrogen-bond donors (Lipinski definition) is 1. The van der Waals surface area contributed by atoms with Crippen LogP contribution in [0, 0.1) is 11.3 Å². The molecule has 1 aliphatic rings. The van der Waals surface area contributed by atoms with E-state index in [4.69, 9.17) is 0 Å². The second kappa shape index (κ2) is 4.38. The van der Waals surface area contributed by atoms with E-state index in [2.05, 4.69) is 47.5 Å². The van der Waals surface area contributed by atoms with Crippen LogP contribution in [0.5, 0.6) is 0 Å². The van der Waals surface area contributed by atoms with Crippen molar-refractivity contribution in [2.45, 2.75) is 31.8 Å². The predicted octanol–water partition coefficient (Wildman–Crippen LogP) is 1.94. The van der Waals surface area contributed by atoms with Gasteiger partial charge in [-0.3, -0.25) is 0 Å². The summed E-state index contributed by atoms with van der Waals surface area (Å²) < 4.78 is 0. The highest BCUT2D eigenvalue weighted by Gasteiger charge is 2.32. The molecule has 1 heterocycles. The SMILES string of the molecule is CNC(C)(C#N)CN1c2ccccc2CC1C. The van der Waals surface area contributed by atoms with E-state index in [0.717, 1.165) is 13.0 Å². The molecule has 2 unspecified atom stereocenters. The van der Waals surface area contributed by atoms with Crippen molar-refractivity contribution in [3.05, 3.63) is 29.8 Å². The standard InChI is InChI=1S/C14H19N3/c1-11-8-12-6-4-5-7-13(12)17(11)10-14(2,9-15)16-3/h4-7,11,16H,8,10H2,1-3H3. The van der Waals surface area contributed by atoms with Crippen LogP contribution in [0.25, 0.3) is 0 Å². The average Bonchev–Trinajstić information content (AvgIpc) is 2.66. The first kappa shape index (κ1) is 11.9. The Kier molecular flexibility index (Phi) is 3.08. The van der Waals surface area contributed by atoms with Crippen LogP contribution in [0.4, 0.5) is 5.69 Å². The van der Waals surface area contributed by atoms with E-state index in [0.29, 0.717) is 6.04 Å². The number of anilines is 1. The molecule has 1 aliphatic heterocycles. The zero-order valence-corrected chi connectivity index (χ0v) is 10.7. The Morgan fingerprint density at radius 2 is 2.24 bits per heavy atom. The second-order valence-corrected chi connectivity index (χ2v) is 5.00. The number of rotatable bonds is 3. The van der Waals surface area contributed by atoms with Crippen molar-refractivity contribution < 1.29 is 0 Å². The summed E-state index contributed by atoms with van der Waals surface area (Å²) in [6.07, 6.45) is 1.07. The summed E-state index contributed by atoms with van der Waals surface area (Å²) in [5.74, 6) is 0. The third-order valence-electron chi connectivity index (χ3n) is 3.63. The number of para-hydroxylation sites is 1. The van der Waals surface area contributed by atoms with Crippen LogP contribution >= 0.6 is 0 Å². The van der Waals surface area contributed by atoms with Crippen molar-refractivity contribution in [2.75, 3.05) is 18.5 Å². The van der Waals surface area contributed by atoms with Crippen molar-refractivity contribution in [2.24, 2.45) is 0 Å². The molecule has 3 heteroatoms. The smallest absolute Gasteiger partial charge is 0.121 e. The van der Waals surface area contributed by atoms with Gasteiger partial charge in [-0.05, 0) is 38.9 Å². The number of fused-ring (bicyclic) bond motifs is 1. The molecule has 0 aliphatic carbocycles. The Hall–Kier alpha value is -1.53. The first-order valence-corrected chi connectivity index (χ1v) is 6.04. The zero-order valence-electron chi connectivity index (χ0n) is 10.7. The highest BCUT2D eigenvalue weighted by Crippen LogP contribution is 2.32. The summed E-state index contributed by atoms with van der Waals surface area (Å²) in [5, 5.41) is 12.3. The molecule has 1 aromatic carbocycles.